The highest BCUT2D eigenvalue weighted by molar-refractivity contribution is 14.1. The molecule has 0 aliphatic carbocycles. The molecule has 4 nitrogen and oxygen atoms in total. The summed E-state index contributed by atoms with van der Waals surface area (Å²) in [7, 11) is 0. The highest BCUT2D eigenvalue weighted by Gasteiger charge is 2.15. The average molecular weight is 380 g/mol. The van der Waals surface area contributed by atoms with Crippen molar-refractivity contribution in [3.8, 4) is 0 Å². The van der Waals surface area contributed by atoms with Crippen molar-refractivity contribution in [2.24, 2.45) is 0 Å². The summed E-state index contributed by atoms with van der Waals surface area (Å²) in [6.07, 6.45) is 3.61. The molecule has 0 atom stereocenters. The molecule has 2 aromatic heterocycles. The van der Waals surface area contributed by atoms with Gasteiger partial charge in [0.15, 0.2) is 0 Å². The van der Waals surface area contributed by atoms with Crippen LogP contribution in [0.15, 0.2) is 6.20 Å². The first-order valence-corrected chi connectivity index (χ1v) is 7.41. The zero-order valence-electron chi connectivity index (χ0n) is 10.4. The number of nitrogens with zero attached hydrogens (tertiary/aromatic N) is 3. The molecule has 0 spiro atoms. The molecular weight excluding hydrogens is 365 g/mol. The maximum absolute atomic E-state index is 6.13. The van der Waals surface area contributed by atoms with Gasteiger partial charge in [0.25, 0.3) is 0 Å². The van der Waals surface area contributed by atoms with Gasteiger partial charge in [0, 0.05) is 17.6 Å². The Hall–Kier alpha value is -0.400. The molecule has 18 heavy (non-hydrogen) atoms. The summed E-state index contributed by atoms with van der Waals surface area (Å²) in [6.45, 7) is 5.35. The Kier molecular flexibility index (Phi) is 4.80. The van der Waals surface area contributed by atoms with Crippen molar-refractivity contribution in [1.82, 2.24) is 14.8 Å². The highest BCUT2D eigenvalue weighted by atomic mass is 127. The molecule has 2 heterocycles. The summed E-state index contributed by atoms with van der Waals surface area (Å²) < 4.78 is 8.32. The predicted octanol–water partition coefficient (Wildman–Crippen LogP) is 3.64. The third kappa shape index (κ3) is 2.62. The topological polar surface area (TPSA) is 39.9 Å². The molecular formula is C12H15ClIN3O. The summed E-state index contributed by atoms with van der Waals surface area (Å²) in [4.78, 5) is 4.23. The number of aryl methyl sites for hydroxylation is 1. The van der Waals surface area contributed by atoms with Crippen LogP contribution in [0.2, 0.25) is 5.15 Å². The summed E-state index contributed by atoms with van der Waals surface area (Å²) in [5.41, 5.74) is 2.04. The van der Waals surface area contributed by atoms with E-state index in [2.05, 4.69) is 46.5 Å². The minimum Gasteiger partial charge on any atom is -0.359 e. The fourth-order valence-electron chi connectivity index (χ4n) is 1.87. The van der Waals surface area contributed by atoms with Crippen LogP contribution in [0.3, 0.4) is 0 Å². The largest absolute Gasteiger partial charge is 0.359 e. The highest BCUT2D eigenvalue weighted by Crippen LogP contribution is 2.28. The molecule has 0 aromatic carbocycles. The molecule has 0 fully saturated rings. The molecule has 0 aliphatic heterocycles. The first kappa shape index (κ1) is 14.0. The standard InChI is InChI=1S/C12H15ClIN3O/c1-3-5-18-7-17-9-6-15-11(13)8(4-2)10(9)12(14)16-17/h6H,3-5,7H2,1-2H3. The van der Waals surface area contributed by atoms with Crippen molar-refractivity contribution in [2.75, 3.05) is 6.61 Å². The SMILES string of the molecule is CCCOCn1nc(I)c2c(CC)c(Cl)ncc21. The van der Waals surface area contributed by atoms with E-state index in [0.29, 0.717) is 11.9 Å². The lowest BCUT2D eigenvalue weighted by Gasteiger charge is -2.05. The number of rotatable bonds is 5. The fraction of sp³-hybridized carbons (Fsp3) is 0.500. The van der Waals surface area contributed by atoms with Crippen LogP contribution in [-0.4, -0.2) is 21.4 Å². The fourth-order valence-corrected chi connectivity index (χ4v) is 3.01. The van der Waals surface area contributed by atoms with E-state index < -0.39 is 0 Å². The monoisotopic (exact) mass is 379 g/mol. The van der Waals surface area contributed by atoms with Crippen LogP contribution >= 0.6 is 34.2 Å². The van der Waals surface area contributed by atoms with Gasteiger partial charge in [0.1, 0.15) is 15.6 Å². The number of fused-ring (bicyclic) bond motifs is 1. The van der Waals surface area contributed by atoms with Crippen LogP contribution in [0.1, 0.15) is 25.8 Å². The Morgan fingerprint density at radius 3 is 2.89 bits per heavy atom. The number of halogens is 2. The average Bonchev–Trinajstić information content (AvgIpc) is 2.67. The summed E-state index contributed by atoms with van der Waals surface area (Å²) in [6, 6.07) is 0. The number of aromatic nitrogens is 3. The minimum absolute atomic E-state index is 0.458. The van der Waals surface area contributed by atoms with Crippen molar-refractivity contribution >= 4 is 45.1 Å². The van der Waals surface area contributed by atoms with Gasteiger partial charge in [-0.15, -0.1) is 0 Å². The molecule has 0 unspecified atom stereocenters. The number of ether oxygens (including phenoxy) is 1. The van der Waals surface area contributed by atoms with Gasteiger partial charge in [-0.2, -0.15) is 5.10 Å². The van der Waals surface area contributed by atoms with Crippen molar-refractivity contribution in [3.05, 3.63) is 20.6 Å². The van der Waals surface area contributed by atoms with Gasteiger partial charge in [-0.25, -0.2) is 9.67 Å². The first-order chi connectivity index (χ1) is 8.69. The van der Waals surface area contributed by atoms with Crippen LogP contribution in [0, 0.1) is 3.70 Å². The van der Waals surface area contributed by atoms with Gasteiger partial charge in [0.05, 0.1) is 11.7 Å². The molecule has 6 heteroatoms. The van der Waals surface area contributed by atoms with Crippen LogP contribution in [0.4, 0.5) is 0 Å². The second kappa shape index (κ2) is 6.16. The maximum atomic E-state index is 6.13. The van der Waals surface area contributed by atoms with Crippen LogP contribution in [-0.2, 0) is 17.9 Å². The Balaban J connectivity index is 2.45. The van der Waals surface area contributed by atoms with Gasteiger partial charge >= 0.3 is 0 Å². The normalized spacial score (nSPS) is 11.3. The van der Waals surface area contributed by atoms with E-state index in [1.807, 2.05) is 4.68 Å². The third-order valence-corrected chi connectivity index (χ3v) is 3.80. The molecule has 2 aromatic rings. The quantitative estimate of drug-likeness (QED) is 0.452. The van der Waals surface area contributed by atoms with Gasteiger partial charge in [-0.1, -0.05) is 25.4 Å². The second-order valence-corrected chi connectivity index (χ2v) is 5.35. The number of hydrogen-bond donors (Lipinski definition) is 0. The second-order valence-electron chi connectivity index (χ2n) is 3.97. The summed E-state index contributed by atoms with van der Waals surface area (Å²) in [5.74, 6) is 0. The number of pyridine rings is 1. The smallest absolute Gasteiger partial charge is 0.140 e. The van der Waals surface area contributed by atoms with Crippen molar-refractivity contribution in [2.45, 2.75) is 33.4 Å². The van der Waals surface area contributed by atoms with E-state index in [9.17, 15) is 0 Å². The lowest BCUT2D eigenvalue weighted by molar-refractivity contribution is 0.0720. The molecule has 0 amide bonds. The first-order valence-electron chi connectivity index (χ1n) is 5.96. The van der Waals surface area contributed by atoms with Gasteiger partial charge in [0.2, 0.25) is 0 Å². The van der Waals surface area contributed by atoms with Crippen LogP contribution in [0.5, 0.6) is 0 Å². The van der Waals surface area contributed by atoms with E-state index >= 15 is 0 Å². The molecule has 0 saturated heterocycles. The van der Waals surface area contributed by atoms with E-state index in [4.69, 9.17) is 16.3 Å². The number of hydrogen-bond acceptors (Lipinski definition) is 3. The maximum Gasteiger partial charge on any atom is 0.140 e. The van der Waals surface area contributed by atoms with E-state index in [1.165, 1.54) is 0 Å². The van der Waals surface area contributed by atoms with Crippen LogP contribution < -0.4 is 0 Å². The molecule has 0 saturated carbocycles. The Morgan fingerprint density at radius 1 is 1.44 bits per heavy atom. The lowest BCUT2D eigenvalue weighted by atomic mass is 10.1. The Morgan fingerprint density at radius 2 is 2.22 bits per heavy atom. The molecule has 98 valence electrons. The van der Waals surface area contributed by atoms with E-state index in [0.717, 1.165) is 39.6 Å². The van der Waals surface area contributed by atoms with Gasteiger partial charge in [-0.05, 0) is 35.4 Å². The third-order valence-electron chi connectivity index (χ3n) is 2.72. The van der Waals surface area contributed by atoms with E-state index in [1.54, 1.807) is 6.20 Å². The van der Waals surface area contributed by atoms with Crippen molar-refractivity contribution in [3.63, 3.8) is 0 Å². The van der Waals surface area contributed by atoms with E-state index in [-0.39, 0.29) is 0 Å². The Bertz CT molecular complexity index is 556. The molecule has 0 radical (unpaired) electrons. The summed E-state index contributed by atoms with van der Waals surface area (Å²) >= 11 is 8.36. The molecule has 2 rings (SSSR count). The zero-order chi connectivity index (χ0) is 13.1. The molecule has 0 bridgehead atoms. The van der Waals surface area contributed by atoms with Crippen molar-refractivity contribution in [1.29, 1.82) is 0 Å². The van der Waals surface area contributed by atoms with Gasteiger partial charge in [-0.3, -0.25) is 0 Å². The van der Waals surface area contributed by atoms with Crippen LogP contribution in [0.25, 0.3) is 10.9 Å². The molecule has 0 aliphatic rings. The van der Waals surface area contributed by atoms with Crippen molar-refractivity contribution < 1.29 is 4.74 Å². The lowest BCUT2D eigenvalue weighted by Crippen LogP contribution is -2.05. The summed E-state index contributed by atoms with van der Waals surface area (Å²) in [5, 5.41) is 6.15. The Labute approximate surface area is 125 Å². The predicted molar refractivity (Wildman–Crippen MR) is 80.9 cm³/mol. The zero-order valence-corrected chi connectivity index (χ0v) is 13.3. The molecule has 0 N–H and O–H groups in total. The minimum atomic E-state index is 0.458. The van der Waals surface area contributed by atoms with Gasteiger partial charge < -0.3 is 4.74 Å².